The van der Waals surface area contributed by atoms with Crippen molar-refractivity contribution in [2.75, 3.05) is 26.9 Å². The number of rotatable bonds is 2. The van der Waals surface area contributed by atoms with E-state index in [1.807, 2.05) is 0 Å². The number of carbonyl (C=O) groups excluding carboxylic acids is 2. The van der Waals surface area contributed by atoms with Gasteiger partial charge in [0.25, 0.3) is 5.91 Å². The number of nitrogens with zero attached hydrogens (tertiary/aromatic N) is 1. The average molecular weight is 318 g/mol. The number of hydrogen-bond donors (Lipinski definition) is 0. The Bertz CT molecular complexity index is 458. The van der Waals surface area contributed by atoms with Crippen molar-refractivity contribution >= 4 is 27.8 Å². The first-order chi connectivity index (χ1) is 8.63. The van der Waals surface area contributed by atoms with E-state index >= 15 is 0 Å². The van der Waals surface area contributed by atoms with Gasteiger partial charge in [0.05, 0.1) is 20.3 Å². The smallest absolute Gasteiger partial charge is 0.331 e. The van der Waals surface area contributed by atoms with E-state index in [0.717, 1.165) is 0 Å². The van der Waals surface area contributed by atoms with Crippen LogP contribution in [0.25, 0.3) is 0 Å². The van der Waals surface area contributed by atoms with Gasteiger partial charge in [-0.2, -0.15) is 0 Å². The van der Waals surface area contributed by atoms with Crippen molar-refractivity contribution in [2.45, 2.75) is 6.04 Å². The molecule has 0 aliphatic carbocycles. The lowest BCUT2D eigenvalue weighted by atomic mass is 10.2. The van der Waals surface area contributed by atoms with Crippen molar-refractivity contribution in [3.8, 4) is 0 Å². The Morgan fingerprint density at radius 2 is 2.28 bits per heavy atom. The molecule has 1 unspecified atom stereocenters. The molecule has 0 aromatic carbocycles. The fourth-order valence-corrected chi connectivity index (χ4v) is 2.06. The van der Waals surface area contributed by atoms with Crippen molar-refractivity contribution < 1.29 is 23.5 Å². The standard InChI is InChI=1S/C11H12BrNO5/c1-16-11(15)7-6-17-5-4-13(7)10(14)8-2-3-9(12)18-8/h2-3,7H,4-6H2,1H3. The van der Waals surface area contributed by atoms with Gasteiger partial charge in [-0.3, -0.25) is 4.79 Å². The summed E-state index contributed by atoms with van der Waals surface area (Å²) in [5.74, 6) is -0.661. The summed E-state index contributed by atoms with van der Waals surface area (Å²) in [6.07, 6.45) is 0. The van der Waals surface area contributed by atoms with E-state index in [-0.39, 0.29) is 18.3 Å². The van der Waals surface area contributed by atoms with Gasteiger partial charge >= 0.3 is 5.97 Å². The van der Waals surface area contributed by atoms with E-state index in [2.05, 4.69) is 20.7 Å². The van der Waals surface area contributed by atoms with Crippen molar-refractivity contribution in [2.24, 2.45) is 0 Å². The number of esters is 1. The van der Waals surface area contributed by atoms with Crippen LogP contribution in [0.15, 0.2) is 21.2 Å². The molecule has 1 amide bonds. The maximum Gasteiger partial charge on any atom is 0.331 e. The summed E-state index contributed by atoms with van der Waals surface area (Å²) in [7, 11) is 1.28. The van der Waals surface area contributed by atoms with Crippen LogP contribution in [0.3, 0.4) is 0 Å². The van der Waals surface area contributed by atoms with Gasteiger partial charge in [-0.1, -0.05) is 0 Å². The summed E-state index contributed by atoms with van der Waals surface area (Å²) in [5, 5.41) is 0. The Morgan fingerprint density at radius 1 is 1.50 bits per heavy atom. The third-order valence-electron chi connectivity index (χ3n) is 2.65. The molecule has 1 aliphatic rings. The van der Waals surface area contributed by atoms with Crippen LogP contribution in [0.5, 0.6) is 0 Å². The van der Waals surface area contributed by atoms with Crippen LogP contribution in [0.1, 0.15) is 10.6 Å². The van der Waals surface area contributed by atoms with Gasteiger partial charge in [0, 0.05) is 6.54 Å². The zero-order valence-corrected chi connectivity index (χ0v) is 11.3. The number of hydrogen-bond acceptors (Lipinski definition) is 5. The van der Waals surface area contributed by atoms with Crippen LogP contribution in [0.4, 0.5) is 0 Å². The number of methoxy groups -OCH3 is 1. The maximum atomic E-state index is 12.2. The van der Waals surface area contributed by atoms with Crippen molar-refractivity contribution in [1.29, 1.82) is 0 Å². The highest BCUT2D eigenvalue weighted by molar-refractivity contribution is 9.10. The van der Waals surface area contributed by atoms with E-state index in [1.165, 1.54) is 12.0 Å². The molecule has 0 bridgehead atoms. The molecule has 0 spiro atoms. The van der Waals surface area contributed by atoms with E-state index < -0.39 is 12.0 Å². The fourth-order valence-electron chi connectivity index (χ4n) is 1.75. The lowest BCUT2D eigenvalue weighted by molar-refractivity contribution is -0.151. The summed E-state index contributed by atoms with van der Waals surface area (Å²) in [6, 6.07) is 2.46. The highest BCUT2D eigenvalue weighted by atomic mass is 79.9. The monoisotopic (exact) mass is 317 g/mol. The van der Waals surface area contributed by atoms with Crippen LogP contribution in [0, 0.1) is 0 Å². The minimum absolute atomic E-state index is 0.139. The van der Waals surface area contributed by atoms with Gasteiger partial charge in [0.1, 0.15) is 0 Å². The van der Waals surface area contributed by atoms with Crippen molar-refractivity contribution in [1.82, 2.24) is 4.90 Å². The summed E-state index contributed by atoms with van der Waals surface area (Å²) < 4.78 is 15.5. The molecular weight excluding hydrogens is 306 g/mol. The summed E-state index contributed by atoms with van der Waals surface area (Å²) in [4.78, 5) is 25.2. The molecular formula is C11H12BrNO5. The molecule has 98 valence electrons. The molecule has 1 aliphatic heterocycles. The molecule has 6 nitrogen and oxygen atoms in total. The molecule has 0 saturated carbocycles. The van der Waals surface area contributed by atoms with E-state index in [9.17, 15) is 9.59 Å². The molecule has 2 rings (SSSR count). The normalized spacial score (nSPS) is 19.7. The van der Waals surface area contributed by atoms with Crippen molar-refractivity contribution in [3.05, 3.63) is 22.6 Å². The topological polar surface area (TPSA) is 69.0 Å². The Balaban J connectivity index is 2.18. The predicted octanol–water partition coefficient (Wildman–Crippen LogP) is 1.06. The predicted molar refractivity (Wildman–Crippen MR) is 64.1 cm³/mol. The largest absolute Gasteiger partial charge is 0.467 e. The molecule has 2 heterocycles. The number of furan rings is 1. The highest BCUT2D eigenvalue weighted by Crippen LogP contribution is 2.18. The molecule has 1 atom stereocenters. The fraction of sp³-hybridized carbons (Fsp3) is 0.455. The van der Waals surface area contributed by atoms with Crippen LogP contribution in [-0.2, 0) is 14.3 Å². The zero-order valence-electron chi connectivity index (χ0n) is 9.72. The molecule has 1 aromatic heterocycles. The first kappa shape index (κ1) is 13.1. The quantitative estimate of drug-likeness (QED) is 0.763. The number of carbonyl (C=O) groups is 2. The number of amides is 1. The molecule has 0 radical (unpaired) electrons. The van der Waals surface area contributed by atoms with E-state index in [0.29, 0.717) is 17.8 Å². The maximum absolute atomic E-state index is 12.2. The van der Waals surface area contributed by atoms with Crippen LogP contribution < -0.4 is 0 Å². The summed E-state index contributed by atoms with van der Waals surface area (Å²) in [6.45, 7) is 0.859. The van der Waals surface area contributed by atoms with E-state index in [1.54, 1.807) is 12.1 Å². The summed E-state index contributed by atoms with van der Waals surface area (Å²) >= 11 is 3.13. The van der Waals surface area contributed by atoms with E-state index in [4.69, 9.17) is 9.15 Å². The molecule has 1 saturated heterocycles. The second-order valence-electron chi connectivity index (χ2n) is 3.72. The average Bonchev–Trinajstić information content (AvgIpc) is 2.83. The molecule has 1 fully saturated rings. The second kappa shape index (κ2) is 5.53. The minimum Gasteiger partial charge on any atom is -0.467 e. The second-order valence-corrected chi connectivity index (χ2v) is 4.50. The number of morpholine rings is 1. The Labute approximate surface area is 112 Å². The van der Waals surface area contributed by atoms with Gasteiger partial charge in [-0.25, -0.2) is 4.79 Å². The number of ether oxygens (including phenoxy) is 2. The third kappa shape index (κ3) is 2.56. The molecule has 1 aromatic rings. The van der Waals surface area contributed by atoms with Crippen LogP contribution in [-0.4, -0.2) is 49.7 Å². The molecule has 18 heavy (non-hydrogen) atoms. The van der Waals surface area contributed by atoms with Crippen LogP contribution >= 0.6 is 15.9 Å². The lowest BCUT2D eigenvalue weighted by Crippen LogP contribution is -2.52. The van der Waals surface area contributed by atoms with Gasteiger partial charge in [-0.05, 0) is 28.1 Å². The summed E-state index contributed by atoms with van der Waals surface area (Å²) in [5.41, 5.74) is 0. The Kier molecular flexibility index (Phi) is 4.03. The van der Waals surface area contributed by atoms with Crippen LogP contribution in [0.2, 0.25) is 0 Å². The number of halogens is 1. The zero-order chi connectivity index (χ0) is 13.1. The van der Waals surface area contributed by atoms with Gasteiger partial charge in [0.15, 0.2) is 16.5 Å². The SMILES string of the molecule is COC(=O)C1COCCN1C(=O)c1ccc(Br)o1. The van der Waals surface area contributed by atoms with Crippen molar-refractivity contribution in [3.63, 3.8) is 0 Å². The van der Waals surface area contributed by atoms with Gasteiger partial charge in [-0.15, -0.1) is 0 Å². The third-order valence-corrected chi connectivity index (χ3v) is 3.07. The highest BCUT2D eigenvalue weighted by Gasteiger charge is 2.35. The first-order valence-corrected chi connectivity index (χ1v) is 6.14. The van der Waals surface area contributed by atoms with Gasteiger partial charge < -0.3 is 18.8 Å². The molecule has 7 heteroatoms. The first-order valence-electron chi connectivity index (χ1n) is 5.35. The Morgan fingerprint density at radius 3 is 2.89 bits per heavy atom. The Hall–Kier alpha value is -1.34. The van der Waals surface area contributed by atoms with Gasteiger partial charge in [0.2, 0.25) is 0 Å². The molecule has 0 N–H and O–H groups in total. The minimum atomic E-state index is -0.722. The lowest BCUT2D eigenvalue weighted by Gasteiger charge is -2.32.